The molecule has 24 heavy (non-hydrogen) atoms. The first-order valence-electron chi connectivity index (χ1n) is 7.61. The summed E-state index contributed by atoms with van der Waals surface area (Å²) >= 11 is 0. The van der Waals surface area contributed by atoms with E-state index >= 15 is 0 Å². The van der Waals surface area contributed by atoms with Crippen LogP contribution < -0.4 is 0 Å². The number of pyridine rings is 1. The van der Waals surface area contributed by atoms with Gasteiger partial charge < -0.3 is 14.2 Å². The Labute approximate surface area is 142 Å². The number of rotatable bonds is 8. The van der Waals surface area contributed by atoms with E-state index in [1.165, 1.54) is 18.8 Å². The molecule has 0 spiro atoms. The minimum atomic E-state index is -3.75. The summed E-state index contributed by atoms with van der Waals surface area (Å²) in [5.74, 6) is 0. The van der Waals surface area contributed by atoms with Gasteiger partial charge in [-0.05, 0) is 31.7 Å². The Morgan fingerprint density at radius 1 is 1.21 bits per heavy atom. The molecule has 7 heteroatoms. The van der Waals surface area contributed by atoms with Gasteiger partial charge in [0, 0.05) is 19.9 Å². The molecule has 0 saturated carbocycles. The molecule has 0 aliphatic rings. The molecule has 0 bridgehead atoms. The van der Waals surface area contributed by atoms with E-state index < -0.39 is 13.3 Å². The molecule has 2 aromatic rings. The highest BCUT2D eigenvalue weighted by atomic mass is 31.2. The van der Waals surface area contributed by atoms with Crippen LogP contribution in [0.5, 0.6) is 0 Å². The molecule has 6 nitrogen and oxygen atoms in total. The summed E-state index contributed by atoms with van der Waals surface area (Å²) in [4.78, 5) is 14.1. The average molecular weight is 350 g/mol. The van der Waals surface area contributed by atoms with E-state index in [1.54, 1.807) is 6.20 Å². The standard InChI is InChI=1S/C17H23N2O4P/c1-17(15-9-5-4-6-10-15,16-11-7-8-12-18-16)23-14-13-19(2)24(20,21)22-3/h4-12H,13-14H2,1-3H3,(H,20,21). The first-order chi connectivity index (χ1) is 11.4. The van der Waals surface area contributed by atoms with Crippen molar-refractivity contribution in [2.75, 3.05) is 27.3 Å². The lowest BCUT2D eigenvalue weighted by Crippen LogP contribution is -2.32. The number of likely N-dealkylation sites (N-methyl/N-ethyl adjacent to an activating group) is 1. The van der Waals surface area contributed by atoms with Gasteiger partial charge in [-0.2, -0.15) is 0 Å². The summed E-state index contributed by atoms with van der Waals surface area (Å²) in [5, 5.41) is 0. The van der Waals surface area contributed by atoms with Crippen molar-refractivity contribution in [1.82, 2.24) is 9.65 Å². The molecule has 1 N–H and O–H groups in total. The van der Waals surface area contributed by atoms with E-state index in [2.05, 4.69) is 9.51 Å². The molecule has 0 radical (unpaired) electrons. The Kier molecular flexibility index (Phi) is 6.27. The van der Waals surface area contributed by atoms with E-state index in [-0.39, 0.29) is 13.2 Å². The summed E-state index contributed by atoms with van der Waals surface area (Å²) < 4.78 is 23.8. The number of nitrogens with zero attached hydrogens (tertiary/aromatic N) is 2. The van der Waals surface area contributed by atoms with Gasteiger partial charge >= 0.3 is 7.75 Å². The first-order valence-corrected chi connectivity index (χ1v) is 9.14. The van der Waals surface area contributed by atoms with Crippen LogP contribution in [-0.4, -0.2) is 41.9 Å². The highest BCUT2D eigenvalue weighted by Crippen LogP contribution is 2.43. The molecule has 2 atom stereocenters. The van der Waals surface area contributed by atoms with Crippen molar-refractivity contribution in [2.45, 2.75) is 12.5 Å². The van der Waals surface area contributed by atoms with Crippen LogP contribution in [0.2, 0.25) is 0 Å². The van der Waals surface area contributed by atoms with Crippen molar-refractivity contribution < 1.29 is 18.7 Å². The number of aromatic nitrogens is 1. The van der Waals surface area contributed by atoms with Crippen LogP contribution in [0.3, 0.4) is 0 Å². The fourth-order valence-electron chi connectivity index (χ4n) is 2.35. The van der Waals surface area contributed by atoms with Gasteiger partial charge in [0.1, 0.15) is 5.60 Å². The highest BCUT2D eigenvalue weighted by molar-refractivity contribution is 7.50. The predicted octanol–water partition coefficient (Wildman–Crippen LogP) is 3.04. The normalized spacial score (nSPS) is 16.5. The number of hydrogen-bond acceptors (Lipinski definition) is 4. The molecule has 1 aromatic carbocycles. The molecule has 0 aliphatic carbocycles. The second-order valence-electron chi connectivity index (χ2n) is 5.52. The molecule has 2 unspecified atom stereocenters. The molecule has 0 aliphatic heterocycles. The Balaban J connectivity index is 2.18. The van der Waals surface area contributed by atoms with Crippen LogP contribution in [0.1, 0.15) is 18.2 Å². The van der Waals surface area contributed by atoms with Crippen molar-refractivity contribution in [3.05, 3.63) is 66.0 Å². The van der Waals surface area contributed by atoms with Crippen LogP contribution in [0.25, 0.3) is 0 Å². The van der Waals surface area contributed by atoms with Crippen molar-refractivity contribution in [3.8, 4) is 0 Å². The highest BCUT2D eigenvalue weighted by Gasteiger charge is 2.32. The summed E-state index contributed by atoms with van der Waals surface area (Å²) in [7, 11) is -1.02. The quantitative estimate of drug-likeness (QED) is 0.738. The van der Waals surface area contributed by atoms with E-state index in [0.29, 0.717) is 0 Å². The van der Waals surface area contributed by atoms with Gasteiger partial charge in [0.25, 0.3) is 0 Å². The fraction of sp³-hybridized carbons (Fsp3) is 0.353. The van der Waals surface area contributed by atoms with Gasteiger partial charge in [0.05, 0.1) is 12.3 Å². The first kappa shape index (κ1) is 18.8. The van der Waals surface area contributed by atoms with Crippen LogP contribution in [0.4, 0.5) is 0 Å². The molecule has 0 fully saturated rings. The number of hydrogen-bond donors (Lipinski definition) is 1. The molecular weight excluding hydrogens is 327 g/mol. The molecule has 2 rings (SSSR count). The predicted molar refractivity (Wildman–Crippen MR) is 92.5 cm³/mol. The molecule has 0 saturated heterocycles. The van der Waals surface area contributed by atoms with E-state index in [0.717, 1.165) is 11.3 Å². The lowest BCUT2D eigenvalue weighted by molar-refractivity contribution is -0.0113. The van der Waals surface area contributed by atoms with Gasteiger partial charge in [0.15, 0.2) is 0 Å². The van der Waals surface area contributed by atoms with Gasteiger partial charge in [0.2, 0.25) is 0 Å². The monoisotopic (exact) mass is 350 g/mol. The van der Waals surface area contributed by atoms with Crippen LogP contribution >= 0.6 is 7.75 Å². The SMILES string of the molecule is COP(=O)(O)N(C)CCOC(C)(c1ccccc1)c1ccccn1. The van der Waals surface area contributed by atoms with Crippen LogP contribution in [0.15, 0.2) is 54.7 Å². The molecule has 130 valence electrons. The fourth-order valence-corrected chi connectivity index (χ4v) is 2.97. The zero-order valence-electron chi connectivity index (χ0n) is 14.1. The third-order valence-corrected chi connectivity index (χ3v) is 5.49. The molecular formula is C17H23N2O4P. The summed E-state index contributed by atoms with van der Waals surface area (Å²) in [6.45, 7) is 2.43. The van der Waals surface area contributed by atoms with Crippen molar-refractivity contribution >= 4 is 7.75 Å². The molecule has 0 amide bonds. The zero-order chi connectivity index (χ0) is 17.6. The smallest absolute Gasteiger partial charge is 0.363 e. The van der Waals surface area contributed by atoms with Crippen molar-refractivity contribution in [1.29, 1.82) is 0 Å². The summed E-state index contributed by atoms with van der Waals surface area (Å²) in [5.41, 5.74) is 0.985. The summed E-state index contributed by atoms with van der Waals surface area (Å²) in [6.07, 6.45) is 1.72. The van der Waals surface area contributed by atoms with E-state index in [1.807, 2.05) is 55.5 Å². The largest absolute Gasteiger partial charge is 0.405 e. The third-order valence-electron chi connectivity index (χ3n) is 3.95. The number of benzene rings is 1. The lowest BCUT2D eigenvalue weighted by Gasteiger charge is -2.31. The van der Waals surface area contributed by atoms with Crippen molar-refractivity contribution in [3.63, 3.8) is 0 Å². The van der Waals surface area contributed by atoms with Gasteiger partial charge in [-0.15, -0.1) is 0 Å². The van der Waals surface area contributed by atoms with E-state index in [4.69, 9.17) is 4.74 Å². The Hall–Kier alpha value is -1.56. The van der Waals surface area contributed by atoms with Gasteiger partial charge in [-0.3, -0.25) is 4.98 Å². The summed E-state index contributed by atoms with van der Waals surface area (Å²) in [6, 6.07) is 15.4. The zero-order valence-corrected chi connectivity index (χ0v) is 15.0. The maximum absolute atomic E-state index is 11.8. The minimum absolute atomic E-state index is 0.242. The second-order valence-corrected chi connectivity index (χ2v) is 7.55. The van der Waals surface area contributed by atoms with Gasteiger partial charge in [-0.25, -0.2) is 9.24 Å². The third kappa shape index (κ3) is 4.29. The Bertz CT molecular complexity index is 642. The Morgan fingerprint density at radius 2 is 1.88 bits per heavy atom. The number of ether oxygens (including phenoxy) is 1. The molecule has 1 heterocycles. The average Bonchev–Trinajstić information content (AvgIpc) is 2.62. The minimum Gasteiger partial charge on any atom is -0.363 e. The molecule has 1 aromatic heterocycles. The topological polar surface area (TPSA) is 71.9 Å². The van der Waals surface area contributed by atoms with Crippen LogP contribution in [-0.2, 0) is 19.4 Å². The second kappa shape index (κ2) is 8.01. The maximum atomic E-state index is 11.8. The van der Waals surface area contributed by atoms with Crippen LogP contribution in [0, 0.1) is 0 Å². The lowest BCUT2D eigenvalue weighted by atomic mass is 9.91. The van der Waals surface area contributed by atoms with E-state index in [9.17, 15) is 9.46 Å². The van der Waals surface area contributed by atoms with Crippen molar-refractivity contribution in [2.24, 2.45) is 0 Å². The van der Waals surface area contributed by atoms with Gasteiger partial charge in [-0.1, -0.05) is 36.4 Å². The maximum Gasteiger partial charge on any atom is 0.405 e. The Morgan fingerprint density at radius 3 is 2.46 bits per heavy atom.